The molecule has 2 aliphatic heterocycles. The number of benzene rings is 1. The number of amides is 1. The van der Waals surface area contributed by atoms with E-state index < -0.39 is 0 Å². The van der Waals surface area contributed by atoms with Crippen LogP contribution in [0.3, 0.4) is 0 Å². The molecule has 0 atom stereocenters. The number of piperidine rings is 2. The Kier molecular flexibility index (Phi) is 5.33. The van der Waals surface area contributed by atoms with Gasteiger partial charge >= 0.3 is 0 Å². The number of hydrogen-bond acceptors (Lipinski definition) is 5. The van der Waals surface area contributed by atoms with Crippen molar-refractivity contribution >= 4 is 5.91 Å². The second kappa shape index (κ2) is 8.04. The highest BCUT2D eigenvalue weighted by atomic mass is 19.1. The van der Waals surface area contributed by atoms with Gasteiger partial charge in [0.25, 0.3) is 5.91 Å². The number of carbonyl (C=O) groups is 1. The molecule has 2 fully saturated rings. The summed E-state index contributed by atoms with van der Waals surface area (Å²) >= 11 is 0. The number of aromatic nitrogens is 3. The topological polar surface area (TPSA) is 72.3 Å². The van der Waals surface area contributed by atoms with E-state index in [9.17, 15) is 9.18 Å². The predicted molar refractivity (Wildman–Crippen MR) is 97.1 cm³/mol. The van der Waals surface area contributed by atoms with Crippen LogP contribution in [0.15, 0.2) is 30.5 Å². The number of ether oxygens (including phenoxy) is 1. The summed E-state index contributed by atoms with van der Waals surface area (Å²) < 4.78 is 20.7. The van der Waals surface area contributed by atoms with Crippen molar-refractivity contribution in [3.8, 4) is 5.75 Å². The molecule has 3 heterocycles. The molecule has 144 valence electrons. The van der Waals surface area contributed by atoms with E-state index in [-0.39, 0.29) is 17.8 Å². The molecule has 8 heteroatoms. The molecule has 4 rings (SSSR count). The van der Waals surface area contributed by atoms with Crippen molar-refractivity contribution in [1.29, 1.82) is 0 Å². The van der Waals surface area contributed by atoms with Gasteiger partial charge in [0.15, 0.2) is 5.69 Å². The molecule has 0 unspecified atom stereocenters. The molecule has 0 saturated carbocycles. The zero-order chi connectivity index (χ0) is 18.6. The van der Waals surface area contributed by atoms with E-state index in [0.29, 0.717) is 30.6 Å². The fourth-order valence-electron chi connectivity index (χ4n) is 3.67. The maximum atomic E-state index is 13.0. The Morgan fingerprint density at radius 2 is 1.81 bits per heavy atom. The first kappa shape index (κ1) is 17.9. The molecule has 1 aromatic heterocycles. The van der Waals surface area contributed by atoms with Crippen LogP contribution >= 0.6 is 0 Å². The Hall–Kier alpha value is -2.48. The Bertz CT molecular complexity index is 765. The Labute approximate surface area is 157 Å². The third-order valence-corrected chi connectivity index (χ3v) is 5.26. The minimum absolute atomic E-state index is 0.0323. The summed E-state index contributed by atoms with van der Waals surface area (Å²) in [5.41, 5.74) is 0.409. The summed E-state index contributed by atoms with van der Waals surface area (Å²) in [5.74, 6) is 0.307. The van der Waals surface area contributed by atoms with Gasteiger partial charge in [-0.1, -0.05) is 5.21 Å². The van der Waals surface area contributed by atoms with Crippen molar-refractivity contribution in [2.75, 3.05) is 26.2 Å². The number of nitrogens with zero attached hydrogens (tertiary/aromatic N) is 4. The van der Waals surface area contributed by atoms with Crippen LogP contribution in [-0.2, 0) is 0 Å². The monoisotopic (exact) mass is 373 g/mol. The lowest BCUT2D eigenvalue weighted by atomic mass is 10.1. The van der Waals surface area contributed by atoms with Crippen LogP contribution in [0.2, 0.25) is 0 Å². The van der Waals surface area contributed by atoms with E-state index in [2.05, 4.69) is 15.6 Å². The van der Waals surface area contributed by atoms with Crippen molar-refractivity contribution in [3.05, 3.63) is 42.0 Å². The zero-order valence-electron chi connectivity index (χ0n) is 15.2. The van der Waals surface area contributed by atoms with E-state index in [1.54, 1.807) is 23.2 Å². The molecule has 1 N–H and O–H groups in total. The second-order valence-corrected chi connectivity index (χ2v) is 7.13. The smallest absolute Gasteiger partial charge is 0.276 e. The average Bonchev–Trinajstić information content (AvgIpc) is 3.21. The maximum absolute atomic E-state index is 13.0. The van der Waals surface area contributed by atoms with Crippen LogP contribution in [0.5, 0.6) is 5.75 Å². The molecule has 1 aromatic carbocycles. The molecule has 0 bridgehead atoms. The van der Waals surface area contributed by atoms with Crippen molar-refractivity contribution < 1.29 is 13.9 Å². The quantitative estimate of drug-likeness (QED) is 0.888. The highest BCUT2D eigenvalue weighted by Crippen LogP contribution is 2.21. The largest absolute Gasteiger partial charge is 0.490 e. The summed E-state index contributed by atoms with van der Waals surface area (Å²) in [5, 5.41) is 11.6. The first-order valence-corrected chi connectivity index (χ1v) is 9.53. The van der Waals surface area contributed by atoms with Gasteiger partial charge in [-0.05, 0) is 50.2 Å². The Balaban J connectivity index is 1.30. The van der Waals surface area contributed by atoms with Gasteiger partial charge in [-0.2, -0.15) is 0 Å². The average molecular weight is 373 g/mol. The molecule has 2 aromatic rings. The van der Waals surface area contributed by atoms with Crippen LogP contribution in [0.25, 0.3) is 0 Å². The van der Waals surface area contributed by atoms with Gasteiger partial charge in [-0.25, -0.2) is 9.07 Å². The predicted octanol–water partition coefficient (Wildman–Crippen LogP) is 2.03. The van der Waals surface area contributed by atoms with Gasteiger partial charge in [0, 0.05) is 25.9 Å². The Morgan fingerprint density at radius 1 is 1.11 bits per heavy atom. The van der Waals surface area contributed by atoms with Gasteiger partial charge in [-0.15, -0.1) is 5.10 Å². The number of likely N-dealkylation sites (tertiary alicyclic amines) is 1. The SMILES string of the molecule is O=C(c1cn(C2CCNCC2)nn1)N1CCC(Oc2ccc(F)cc2)CC1. The molecule has 0 aliphatic carbocycles. The summed E-state index contributed by atoms with van der Waals surface area (Å²) in [4.78, 5) is 14.5. The number of hydrogen-bond donors (Lipinski definition) is 1. The van der Waals surface area contributed by atoms with Gasteiger partial charge in [0.2, 0.25) is 0 Å². The molecule has 0 spiro atoms. The standard InChI is InChI=1S/C19H24FN5O2/c20-14-1-3-16(4-2-14)27-17-7-11-24(12-8-17)19(26)18-13-25(23-22-18)15-5-9-21-10-6-15/h1-4,13,15,17,21H,5-12H2. The lowest BCUT2D eigenvalue weighted by Crippen LogP contribution is -2.42. The number of halogens is 1. The maximum Gasteiger partial charge on any atom is 0.276 e. The molecular weight excluding hydrogens is 349 g/mol. The van der Waals surface area contributed by atoms with Crippen molar-refractivity contribution in [1.82, 2.24) is 25.2 Å². The van der Waals surface area contributed by atoms with Gasteiger partial charge in [-0.3, -0.25) is 4.79 Å². The second-order valence-electron chi connectivity index (χ2n) is 7.13. The first-order chi connectivity index (χ1) is 13.2. The van der Waals surface area contributed by atoms with E-state index in [4.69, 9.17) is 4.74 Å². The van der Waals surface area contributed by atoms with E-state index in [0.717, 1.165) is 38.8 Å². The summed E-state index contributed by atoms with van der Waals surface area (Å²) in [6.07, 6.45) is 5.30. The summed E-state index contributed by atoms with van der Waals surface area (Å²) in [7, 11) is 0. The lowest BCUT2D eigenvalue weighted by Gasteiger charge is -2.31. The van der Waals surface area contributed by atoms with Crippen LogP contribution in [0, 0.1) is 5.82 Å². The fourth-order valence-corrected chi connectivity index (χ4v) is 3.67. The first-order valence-electron chi connectivity index (χ1n) is 9.53. The normalized spacial score (nSPS) is 19.2. The lowest BCUT2D eigenvalue weighted by molar-refractivity contribution is 0.0590. The summed E-state index contributed by atoms with van der Waals surface area (Å²) in [6.45, 7) is 3.17. The Morgan fingerprint density at radius 3 is 2.52 bits per heavy atom. The number of carbonyl (C=O) groups excluding carboxylic acids is 1. The van der Waals surface area contributed by atoms with Gasteiger partial charge < -0.3 is 15.0 Å². The van der Waals surface area contributed by atoms with Crippen molar-refractivity contribution in [3.63, 3.8) is 0 Å². The third kappa shape index (κ3) is 4.27. The summed E-state index contributed by atoms with van der Waals surface area (Å²) in [6, 6.07) is 6.35. The van der Waals surface area contributed by atoms with E-state index in [1.165, 1.54) is 12.1 Å². The minimum Gasteiger partial charge on any atom is -0.490 e. The molecule has 1 amide bonds. The van der Waals surface area contributed by atoms with Crippen LogP contribution in [0.1, 0.15) is 42.2 Å². The van der Waals surface area contributed by atoms with Gasteiger partial charge in [0.1, 0.15) is 17.7 Å². The molecular formula is C19H24FN5O2. The van der Waals surface area contributed by atoms with E-state index in [1.807, 2.05) is 4.68 Å². The van der Waals surface area contributed by atoms with Crippen molar-refractivity contribution in [2.24, 2.45) is 0 Å². The number of rotatable bonds is 4. The number of nitrogens with one attached hydrogen (secondary N) is 1. The van der Waals surface area contributed by atoms with Crippen LogP contribution < -0.4 is 10.1 Å². The highest BCUT2D eigenvalue weighted by Gasteiger charge is 2.27. The molecule has 0 radical (unpaired) electrons. The highest BCUT2D eigenvalue weighted by molar-refractivity contribution is 5.92. The van der Waals surface area contributed by atoms with Gasteiger partial charge in [0.05, 0.1) is 12.2 Å². The minimum atomic E-state index is -0.277. The fraction of sp³-hybridized carbons (Fsp3) is 0.526. The van der Waals surface area contributed by atoms with E-state index >= 15 is 0 Å². The molecule has 2 aliphatic rings. The molecule has 27 heavy (non-hydrogen) atoms. The van der Waals surface area contributed by atoms with Crippen LogP contribution in [-0.4, -0.2) is 58.1 Å². The third-order valence-electron chi connectivity index (χ3n) is 5.26. The zero-order valence-corrected chi connectivity index (χ0v) is 15.2. The molecule has 7 nitrogen and oxygen atoms in total. The van der Waals surface area contributed by atoms with Crippen LogP contribution in [0.4, 0.5) is 4.39 Å². The molecule has 2 saturated heterocycles. The van der Waals surface area contributed by atoms with Crippen molar-refractivity contribution in [2.45, 2.75) is 37.8 Å².